The molecule has 0 atom stereocenters. The van der Waals surface area contributed by atoms with Crippen molar-refractivity contribution in [2.24, 2.45) is 7.05 Å². The van der Waals surface area contributed by atoms with Crippen LogP contribution in [0.2, 0.25) is 0 Å². The minimum Gasteiger partial charge on any atom is -0.478 e. The number of carbonyl (C=O) groups excluding carboxylic acids is 1. The van der Waals surface area contributed by atoms with Crippen LogP contribution in [0.25, 0.3) is 10.9 Å². The average molecular weight is 386 g/mol. The molecule has 1 fully saturated rings. The summed E-state index contributed by atoms with van der Waals surface area (Å²) in [6.45, 7) is 8.91. The molecule has 2 N–H and O–H groups in total. The number of piperazine rings is 1. The lowest BCUT2D eigenvalue weighted by molar-refractivity contribution is -0.116. The highest BCUT2D eigenvalue weighted by Crippen LogP contribution is 2.32. The molecule has 0 spiro atoms. The minimum atomic E-state index is -0.959. The highest BCUT2D eigenvalue weighted by molar-refractivity contribution is 6.06. The van der Waals surface area contributed by atoms with Gasteiger partial charge in [0.15, 0.2) is 0 Å². The number of aryl methyl sites for hydroxylation is 1. The molecule has 1 aromatic heterocycles. The molecule has 0 radical (unpaired) electrons. The van der Waals surface area contributed by atoms with Crippen molar-refractivity contribution in [2.75, 3.05) is 45.1 Å². The summed E-state index contributed by atoms with van der Waals surface area (Å²) in [6, 6.07) is 3.74. The number of fused-ring (bicyclic) bond motifs is 1. The van der Waals surface area contributed by atoms with E-state index in [0.29, 0.717) is 17.5 Å². The van der Waals surface area contributed by atoms with Crippen molar-refractivity contribution in [3.63, 3.8) is 0 Å². The standard InChI is InChI=1S/C21H30N4O3/c1-14(2)16-11-15(12-17-18(21(27)28)13-24(4)20(16)17)22-19(26)5-6-25-9-7-23(3)8-10-25/h11-14H,5-10H2,1-4H3,(H,22,26)(H,27,28). The van der Waals surface area contributed by atoms with Crippen LogP contribution in [0.15, 0.2) is 18.3 Å². The predicted octanol–water partition coefficient (Wildman–Crippen LogP) is 2.58. The number of hydrogen-bond donors (Lipinski definition) is 2. The van der Waals surface area contributed by atoms with Crippen molar-refractivity contribution >= 4 is 28.5 Å². The predicted molar refractivity (Wildman–Crippen MR) is 111 cm³/mol. The smallest absolute Gasteiger partial charge is 0.337 e. The van der Waals surface area contributed by atoms with Crippen molar-refractivity contribution in [2.45, 2.75) is 26.2 Å². The Labute approximate surface area is 165 Å². The highest BCUT2D eigenvalue weighted by atomic mass is 16.4. The fourth-order valence-electron chi connectivity index (χ4n) is 3.82. The molecule has 0 saturated carbocycles. The maximum atomic E-state index is 12.5. The molecule has 2 heterocycles. The molecule has 7 nitrogen and oxygen atoms in total. The lowest BCUT2D eigenvalue weighted by atomic mass is 9.98. The molecule has 1 amide bonds. The molecule has 152 valence electrons. The molecule has 0 unspecified atom stereocenters. The number of carbonyl (C=O) groups is 2. The Hall–Kier alpha value is -2.38. The Bertz CT molecular complexity index is 879. The van der Waals surface area contributed by atoms with Crippen LogP contribution in [0.5, 0.6) is 0 Å². The zero-order chi connectivity index (χ0) is 20.4. The Morgan fingerprint density at radius 2 is 1.82 bits per heavy atom. The normalized spacial score (nSPS) is 16.0. The van der Waals surface area contributed by atoms with E-state index in [4.69, 9.17) is 0 Å². The van der Waals surface area contributed by atoms with Gasteiger partial charge in [-0.1, -0.05) is 13.8 Å². The quantitative estimate of drug-likeness (QED) is 0.798. The summed E-state index contributed by atoms with van der Waals surface area (Å²) in [6.07, 6.45) is 2.07. The monoisotopic (exact) mass is 386 g/mol. The maximum absolute atomic E-state index is 12.5. The van der Waals surface area contributed by atoms with Crippen molar-refractivity contribution < 1.29 is 14.7 Å². The van der Waals surface area contributed by atoms with Crippen LogP contribution in [-0.4, -0.2) is 71.1 Å². The Kier molecular flexibility index (Phi) is 6.05. The molecule has 0 bridgehead atoms. The molecule has 1 aliphatic heterocycles. The summed E-state index contributed by atoms with van der Waals surface area (Å²) in [5, 5.41) is 13.2. The SMILES string of the molecule is CC(C)c1cc(NC(=O)CCN2CCN(C)CC2)cc2c(C(=O)O)cn(C)c12. The van der Waals surface area contributed by atoms with Crippen molar-refractivity contribution in [3.8, 4) is 0 Å². The first-order valence-corrected chi connectivity index (χ1v) is 9.83. The molecule has 1 aliphatic rings. The second-order valence-corrected chi connectivity index (χ2v) is 8.02. The minimum absolute atomic E-state index is 0.0409. The van der Waals surface area contributed by atoms with Gasteiger partial charge in [-0.05, 0) is 30.7 Å². The molecule has 0 aliphatic carbocycles. The zero-order valence-corrected chi connectivity index (χ0v) is 17.2. The summed E-state index contributed by atoms with van der Waals surface area (Å²) in [5.74, 6) is -0.792. The van der Waals surface area contributed by atoms with E-state index in [9.17, 15) is 14.7 Å². The van der Waals surface area contributed by atoms with Gasteiger partial charge in [-0.15, -0.1) is 0 Å². The summed E-state index contributed by atoms with van der Waals surface area (Å²) in [4.78, 5) is 28.7. The summed E-state index contributed by atoms with van der Waals surface area (Å²) < 4.78 is 1.85. The number of nitrogens with one attached hydrogen (secondary N) is 1. The molecule has 1 saturated heterocycles. The second-order valence-electron chi connectivity index (χ2n) is 8.02. The highest BCUT2D eigenvalue weighted by Gasteiger charge is 2.19. The topological polar surface area (TPSA) is 77.8 Å². The molecule has 2 aromatic rings. The van der Waals surface area contributed by atoms with Gasteiger partial charge in [-0.2, -0.15) is 0 Å². The number of rotatable bonds is 6. The Morgan fingerprint density at radius 3 is 2.43 bits per heavy atom. The van der Waals surface area contributed by atoms with Crippen LogP contribution in [0.4, 0.5) is 5.69 Å². The first kappa shape index (κ1) is 20.4. The fourth-order valence-corrected chi connectivity index (χ4v) is 3.82. The number of likely N-dealkylation sites (N-methyl/N-ethyl adjacent to an activating group) is 1. The van der Waals surface area contributed by atoms with E-state index in [0.717, 1.165) is 43.8 Å². The number of nitrogens with zero attached hydrogens (tertiary/aromatic N) is 3. The third kappa shape index (κ3) is 4.36. The molecular weight excluding hydrogens is 356 g/mol. The van der Waals surface area contributed by atoms with Gasteiger partial charge in [-0.25, -0.2) is 4.79 Å². The van der Waals surface area contributed by atoms with Gasteiger partial charge >= 0.3 is 5.97 Å². The Balaban J connectivity index is 1.77. The van der Waals surface area contributed by atoms with E-state index in [1.54, 1.807) is 12.3 Å². The van der Waals surface area contributed by atoms with E-state index in [1.807, 2.05) is 17.7 Å². The lowest BCUT2D eigenvalue weighted by Crippen LogP contribution is -2.45. The third-order valence-corrected chi connectivity index (χ3v) is 5.49. The van der Waals surface area contributed by atoms with E-state index in [2.05, 4.69) is 36.0 Å². The number of amides is 1. The number of hydrogen-bond acceptors (Lipinski definition) is 4. The van der Waals surface area contributed by atoms with Gasteiger partial charge in [-0.3, -0.25) is 4.79 Å². The number of carboxylic acid groups (broad SMARTS) is 1. The molecule has 1 aromatic carbocycles. The lowest BCUT2D eigenvalue weighted by Gasteiger charge is -2.32. The summed E-state index contributed by atoms with van der Waals surface area (Å²) in [5.41, 5.74) is 2.85. The van der Waals surface area contributed by atoms with Gasteiger partial charge in [0.2, 0.25) is 5.91 Å². The van der Waals surface area contributed by atoms with Gasteiger partial charge < -0.3 is 24.8 Å². The summed E-state index contributed by atoms with van der Waals surface area (Å²) in [7, 11) is 3.97. The van der Waals surface area contributed by atoms with E-state index < -0.39 is 5.97 Å². The van der Waals surface area contributed by atoms with Crippen LogP contribution in [-0.2, 0) is 11.8 Å². The first-order valence-electron chi connectivity index (χ1n) is 9.83. The molecule has 3 rings (SSSR count). The molecule has 28 heavy (non-hydrogen) atoms. The van der Waals surface area contributed by atoms with E-state index >= 15 is 0 Å². The van der Waals surface area contributed by atoms with Gasteiger partial charge in [0.05, 0.1) is 11.1 Å². The maximum Gasteiger partial charge on any atom is 0.337 e. The van der Waals surface area contributed by atoms with Crippen molar-refractivity contribution in [3.05, 3.63) is 29.5 Å². The molecule has 7 heteroatoms. The van der Waals surface area contributed by atoms with Gasteiger partial charge in [0.1, 0.15) is 0 Å². The number of aromatic carboxylic acids is 1. The first-order chi connectivity index (χ1) is 13.3. The van der Waals surface area contributed by atoms with Gasteiger partial charge in [0.25, 0.3) is 0 Å². The fraction of sp³-hybridized carbons (Fsp3) is 0.524. The van der Waals surface area contributed by atoms with Crippen LogP contribution >= 0.6 is 0 Å². The second kappa shape index (κ2) is 8.32. The Morgan fingerprint density at radius 1 is 1.14 bits per heavy atom. The third-order valence-electron chi connectivity index (χ3n) is 5.49. The van der Waals surface area contributed by atoms with E-state index in [-0.39, 0.29) is 17.4 Å². The number of anilines is 1. The largest absolute Gasteiger partial charge is 0.478 e. The number of carboxylic acids is 1. The average Bonchev–Trinajstić information content (AvgIpc) is 2.97. The van der Waals surface area contributed by atoms with Crippen LogP contribution in [0.3, 0.4) is 0 Å². The zero-order valence-electron chi connectivity index (χ0n) is 17.2. The van der Waals surface area contributed by atoms with Crippen LogP contribution in [0, 0.1) is 0 Å². The van der Waals surface area contributed by atoms with Crippen molar-refractivity contribution in [1.29, 1.82) is 0 Å². The number of benzene rings is 1. The number of aromatic nitrogens is 1. The van der Waals surface area contributed by atoms with Crippen LogP contribution < -0.4 is 5.32 Å². The van der Waals surface area contributed by atoms with Crippen molar-refractivity contribution in [1.82, 2.24) is 14.4 Å². The van der Waals surface area contributed by atoms with E-state index in [1.165, 1.54) is 0 Å². The van der Waals surface area contributed by atoms with Gasteiger partial charge in [0, 0.05) is 63.5 Å². The van der Waals surface area contributed by atoms with Crippen LogP contribution in [0.1, 0.15) is 42.1 Å². The summed E-state index contributed by atoms with van der Waals surface area (Å²) >= 11 is 0. The molecular formula is C21H30N4O3.